The quantitative estimate of drug-likeness (QED) is 0.132. The maximum Gasteiger partial charge on any atom is 0.412 e. The lowest BCUT2D eigenvalue weighted by molar-refractivity contribution is -0.131. The zero-order chi connectivity index (χ0) is 40.9. The third-order valence-corrected chi connectivity index (χ3v) is 10.2. The van der Waals surface area contributed by atoms with Gasteiger partial charge in [0.05, 0.1) is 43.8 Å². The van der Waals surface area contributed by atoms with Crippen LogP contribution in [-0.4, -0.2) is 104 Å². The van der Waals surface area contributed by atoms with Gasteiger partial charge in [0.25, 0.3) is 0 Å². The van der Waals surface area contributed by atoms with Crippen LogP contribution in [-0.2, 0) is 42.0 Å². The summed E-state index contributed by atoms with van der Waals surface area (Å²) in [4.78, 5) is 57.4. The number of rotatable bonds is 21. The number of imidazole rings is 1. The number of aryl methyl sites for hydroxylation is 1. The van der Waals surface area contributed by atoms with Crippen LogP contribution in [0.25, 0.3) is 0 Å². The first-order valence-electron chi connectivity index (χ1n) is 18.9. The molecule has 3 amide bonds. The summed E-state index contributed by atoms with van der Waals surface area (Å²) in [6.45, 7) is 14.4. The number of esters is 1. The number of amides is 3. The number of nitrogens with zero attached hydrogens (tertiary/aromatic N) is 3. The van der Waals surface area contributed by atoms with E-state index in [2.05, 4.69) is 24.1 Å². The molecule has 0 bridgehead atoms. The number of benzene rings is 1. The number of hydrogen-bond donors (Lipinski definition) is 2. The Balaban J connectivity index is 1.85. The van der Waals surface area contributed by atoms with Crippen LogP contribution in [0.3, 0.4) is 0 Å². The second-order valence-electron chi connectivity index (χ2n) is 16.3. The predicted octanol–water partition coefficient (Wildman–Crippen LogP) is 4.75. The summed E-state index contributed by atoms with van der Waals surface area (Å²) in [7, 11) is 4.94. The van der Waals surface area contributed by atoms with Crippen molar-refractivity contribution in [3.63, 3.8) is 0 Å². The molecule has 0 spiro atoms. The molecule has 2 heterocycles. The zero-order valence-electron chi connectivity index (χ0n) is 34.3. The van der Waals surface area contributed by atoms with Crippen molar-refractivity contribution in [1.82, 2.24) is 19.8 Å². The number of nitrogens with one attached hydrogen (secondary N) is 1. The van der Waals surface area contributed by atoms with Gasteiger partial charge in [0, 0.05) is 39.6 Å². The summed E-state index contributed by atoms with van der Waals surface area (Å²) in [6, 6.07) is 5.47. The fourth-order valence-electron chi connectivity index (χ4n) is 6.40. The molecule has 3 N–H and O–H groups in total. The Bertz CT molecular complexity index is 1570. The Hall–Kier alpha value is -4.37. The Kier molecular flexibility index (Phi) is 16.8. The van der Waals surface area contributed by atoms with E-state index < -0.39 is 46.9 Å². The molecule has 1 aliphatic rings. The highest BCUT2D eigenvalue weighted by atomic mass is 16.6. The van der Waals surface area contributed by atoms with Gasteiger partial charge < -0.3 is 44.0 Å². The number of carbonyl (C=O) groups excluding carboxylic acids is 4. The van der Waals surface area contributed by atoms with Gasteiger partial charge in [0.15, 0.2) is 11.5 Å². The molecule has 1 saturated heterocycles. The maximum absolute atomic E-state index is 13.8. The van der Waals surface area contributed by atoms with Crippen molar-refractivity contribution in [2.75, 3.05) is 53.9 Å². The van der Waals surface area contributed by atoms with Crippen molar-refractivity contribution < 1.29 is 47.6 Å². The van der Waals surface area contributed by atoms with Gasteiger partial charge in [-0.15, -0.1) is 0 Å². The van der Waals surface area contributed by atoms with Gasteiger partial charge in [-0.3, -0.25) is 14.5 Å². The van der Waals surface area contributed by atoms with E-state index in [0.717, 1.165) is 12.0 Å². The minimum absolute atomic E-state index is 0.0387. The molecule has 15 heteroatoms. The fourth-order valence-corrected chi connectivity index (χ4v) is 6.40. The molecule has 0 aliphatic carbocycles. The standard InChI is InChI=1S/C40H63N5O10/c1-26(2)28(18-27-12-13-32(51-10)34(19-27)52-15-11-14-50-9)20-30-33(21-29(39(3,4)5)35(46)43-23-40(6,7)37(41)48)55-25-45(30)38(49)54-17-16-53-36(47)31-22-42-24-44(31)8/h12-13,19,22,24,26,28-30,33H,11,14-18,20-21,23,25H2,1-10H3,(H2,41,48)(H,43,46)/t28-,29+,30-,33-/m0/s1. The molecule has 0 saturated carbocycles. The normalized spacial score (nSPS) is 17.1. The van der Waals surface area contributed by atoms with Gasteiger partial charge in [-0.1, -0.05) is 40.7 Å². The minimum atomic E-state index is -0.933. The van der Waals surface area contributed by atoms with Crippen LogP contribution in [0, 0.1) is 28.6 Å². The SMILES string of the molecule is COCCCOc1cc(C[C@@H](C[C@H]2[C@H](C[C@H](C(=O)NCC(C)(C)C(N)=O)C(C)(C)C)OCN2C(=O)OCCOC(=O)c2cncn2C)C(C)C)ccc1OC. The van der Waals surface area contributed by atoms with Crippen LogP contribution in [0.1, 0.15) is 83.8 Å². The zero-order valence-corrected chi connectivity index (χ0v) is 34.3. The fraction of sp³-hybridized carbons (Fsp3) is 0.675. The van der Waals surface area contributed by atoms with Gasteiger partial charge in [0.2, 0.25) is 11.8 Å². The molecule has 1 fully saturated rings. The molecule has 2 aromatic rings. The maximum atomic E-state index is 13.8. The van der Waals surface area contributed by atoms with E-state index in [4.69, 9.17) is 34.2 Å². The van der Waals surface area contributed by atoms with Gasteiger partial charge in [-0.2, -0.15) is 0 Å². The minimum Gasteiger partial charge on any atom is -0.493 e. The Morgan fingerprint density at radius 3 is 2.31 bits per heavy atom. The summed E-state index contributed by atoms with van der Waals surface area (Å²) >= 11 is 0. The third-order valence-electron chi connectivity index (χ3n) is 10.2. The third kappa shape index (κ3) is 13.1. The van der Waals surface area contributed by atoms with Crippen LogP contribution >= 0.6 is 0 Å². The van der Waals surface area contributed by atoms with E-state index in [1.54, 1.807) is 44.6 Å². The number of ether oxygens (including phenoxy) is 6. The summed E-state index contributed by atoms with van der Waals surface area (Å²) in [6.07, 6.45) is 4.06. The highest BCUT2D eigenvalue weighted by molar-refractivity contribution is 5.87. The molecule has 4 atom stereocenters. The predicted molar refractivity (Wildman–Crippen MR) is 205 cm³/mol. The summed E-state index contributed by atoms with van der Waals surface area (Å²) in [5.74, 6) is -0.271. The van der Waals surface area contributed by atoms with Crippen molar-refractivity contribution in [1.29, 1.82) is 0 Å². The highest BCUT2D eigenvalue weighted by Crippen LogP contribution is 2.38. The van der Waals surface area contributed by atoms with E-state index in [0.29, 0.717) is 44.0 Å². The Labute approximate surface area is 325 Å². The number of aromatic nitrogens is 2. The van der Waals surface area contributed by atoms with E-state index >= 15 is 0 Å². The molecular weight excluding hydrogens is 710 g/mol. The van der Waals surface area contributed by atoms with E-state index in [9.17, 15) is 19.2 Å². The molecule has 1 aromatic heterocycles. The molecule has 3 rings (SSSR count). The molecule has 1 aromatic carbocycles. The van der Waals surface area contributed by atoms with Crippen LogP contribution in [0.4, 0.5) is 4.79 Å². The Morgan fingerprint density at radius 2 is 1.71 bits per heavy atom. The number of primary amides is 1. The topological polar surface area (TPSA) is 183 Å². The van der Waals surface area contributed by atoms with Crippen LogP contribution in [0.15, 0.2) is 30.7 Å². The number of nitrogens with two attached hydrogens (primary N) is 1. The second kappa shape index (κ2) is 20.5. The Morgan fingerprint density at radius 1 is 1.00 bits per heavy atom. The van der Waals surface area contributed by atoms with Gasteiger partial charge in [-0.25, -0.2) is 14.6 Å². The van der Waals surface area contributed by atoms with Crippen molar-refractivity contribution in [2.45, 2.75) is 86.3 Å². The largest absolute Gasteiger partial charge is 0.493 e. The van der Waals surface area contributed by atoms with E-state index in [-0.39, 0.29) is 49.9 Å². The second-order valence-corrected chi connectivity index (χ2v) is 16.3. The molecule has 55 heavy (non-hydrogen) atoms. The van der Waals surface area contributed by atoms with Crippen LogP contribution in [0.5, 0.6) is 11.5 Å². The van der Waals surface area contributed by atoms with Gasteiger partial charge in [-0.05, 0) is 68.1 Å². The number of hydrogen-bond acceptors (Lipinski definition) is 11. The first-order valence-corrected chi connectivity index (χ1v) is 18.9. The highest BCUT2D eigenvalue weighted by Gasteiger charge is 2.45. The van der Waals surface area contributed by atoms with E-state index in [1.807, 2.05) is 39.0 Å². The molecular formula is C40H63N5O10. The lowest BCUT2D eigenvalue weighted by Gasteiger charge is -2.35. The van der Waals surface area contributed by atoms with E-state index in [1.165, 1.54) is 12.5 Å². The van der Waals surface area contributed by atoms with Crippen molar-refractivity contribution >= 4 is 23.9 Å². The molecule has 1 aliphatic heterocycles. The van der Waals surface area contributed by atoms with Crippen molar-refractivity contribution in [3.05, 3.63) is 42.0 Å². The van der Waals surface area contributed by atoms with Crippen LogP contribution in [0.2, 0.25) is 0 Å². The average molecular weight is 774 g/mol. The molecule has 0 radical (unpaired) electrons. The van der Waals surface area contributed by atoms with Crippen LogP contribution < -0.4 is 20.5 Å². The molecule has 15 nitrogen and oxygen atoms in total. The van der Waals surface area contributed by atoms with Gasteiger partial charge in [0.1, 0.15) is 25.6 Å². The summed E-state index contributed by atoms with van der Waals surface area (Å²) in [5.41, 5.74) is 5.48. The summed E-state index contributed by atoms with van der Waals surface area (Å²) < 4.78 is 35.6. The molecule has 308 valence electrons. The lowest BCUT2D eigenvalue weighted by Crippen LogP contribution is -2.48. The average Bonchev–Trinajstić information content (AvgIpc) is 3.74. The van der Waals surface area contributed by atoms with Crippen molar-refractivity contribution in [2.24, 2.45) is 41.4 Å². The summed E-state index contributed by atoms with van der Waals surface area (Å²) in [5, 5.41) is 2.94. The smallest absolute Gasteiger partial charge is 0.412 e. The number of methoxy groups -OCH3 is 2. The van der Waals surface area contributed by atoms with Gasteiger partial charge >= 0.3 is 12.1 Å². The first-order chi connectivity index (χ1) is 25.9. The first kappa shape index (κ1) is 45.0. The molecule has 0 unspecified atom stereocenters. The van der Waals surface area contributed by atoms with Crippen molar-refractivity contribution in [3.8, 4) is 11.5 Å². The number of carbonyl (C=O) groups is 4. The lowest BCUT2D eigenvalue weighted by atomic mass is 9.74. The monoisotopic (exact) mass is 773 g/mol.